The van der Waals surface area contributed by atoms with Gasteiger partial charge in [-0.2, -0.15) is 0 Å². The molecule has 0 fully saturated rings. The van der Waals surface area contributed by atoms with Crippen LogP contribution in [-0.4, -0.2) is 0 Å². The monoisotopic (exact) mass is 342 g/mol. The van der Waals surface area contributed by atoms with E-state index >= 15 is 0 Å². The van der Waals surface area contributed by atoms with Crippen LogP contribution in [-0.2, 0) is 0 Å². The van der Waals surface area contributed by atoms with Crippen LogP contribution in [0.3, 0.4) is 0 Å². The average Bonchev–Trinajstić information content (AvgIpc) is 2.57. The van der Waals surface area contributed by atoms with Gasteiger partial charge in [-0.1, -0.05) is 111 Å². The summed E-state index contributed by atoms with van der Waals surface area (Å²) in [4.78, 5) is 0. The molecule has 0 atom stereocenters. The first-order valence-corrected chi connectivity index (χ1v) is 6.37. The van der Waals surface area contributed by atoms with E-state index in [9.17, 15) is 0 Å². The van der Waals surface area contributed by atoms with Crippen LogP contribution in [0.25, 0.3) is 12.2 Å². The number of rotatable bonds is 3. The van der Waals surface area contributed by atoms with Gasteiger partial charge >= 0.3 is 0 Å². The molecule has 2 aromatic rings. The molecule has 2 aromatic carbocycles. The Kier molecular flexibility index (Phi) is 16.1. The number of halogens is 1. The van der Waals surface area contributed by atoms with Crippen molar-refractivity contribution in [2.24, 2.45) is 0 Å². The quantitative estimate of drug-likeness (QED) is 0.551. The predicted molar refractivity (Wildman–Crippen MR) is 104 cm³/mol. The molecule has 0 aromatic heterocycles. The lowest BCUT2D eigenvalue weighted by Gasteiger charge is -1.85. The van der Waals surface area contributed by atoms with E-state index < -0.39 is 0 Å². The minimum absolute atomic E-state index is 0. The first-order valence-electron chi connectivity index (χ1n) is 6.37. The second kappa shape index (κ2) is 15.9. The summed E-state index contributed by atoms with van der Waals surface area (Å²) in [6, 6.07) is 20.1. The third-order valence-electron chi connectivity index (χ3n) is 2.24. The van der Waals surface area contributed by atoms with Crippen molar-refractivity contribution in [1.29, 1.82) is 0 Å². The fourth-order valence-electron chi connectivity index (χ4n) is 1.18. The molecular weight excluding hydrogens is 320 g/mol. The number of hydrogen-bond acceptors (Lipinski definition) is 0. The molecule has 0 radical (unpaired) electrons. The Morgan fingerprint density at radius 2 is 0.810 bits per heavy atom. The summed E-state index contributed by atoms with van der Waals surface area (Å²) in [5, 5.41) is 0. The minimum Gasteiger partial charge on any atom is -0.114 e. The van der Waals surface area contributed by atoms with E-state index in [1.807, 2.05) is 72.8 Å². The van der Waals surface area contributed by atoms with E-state index in [1.54, 1.807) is 12.2 Å². The summed E-state index contributed by atoms with van der Waals surface area (Å²) in [6.07, 6.45) is 6.94. The lowest BCUT2D eigenvalue weighted by Crippen LogP contribution is -1.63. The van der Waals surface area contributed by atoms with E-state index in [-0.39, 0.29) is 17.0 Å². The molecule has 0 unspecified atom stereocenters. The van der Waals surface area contributed by atoms with Crippen molar-refractivity contribution < 1.29 is 0 Å². The molecule has 0 bridgehead atoms. The fourth-order valence-corrected chi connectivity index (χ4v) is 1.18. The van der Waals surface area contributed by atoms with E-state index in [2.05, 4.69) is 26.3 Å². The third-order valence-corrected chi connectivity index (χ3v) is 2.24. The molecule has 0 aliphatic carbocycles. The molecule has 0 spiro atoms. The Morgan fingerprint density at radius 3 is 0.952 bits per heavy atom. The molecule has 0 N–H and O–H groups in total. The molecule has 0 aliphatic heterocycles. The van der Waals surface area contributed by atoms with Crippen LogP contribution >= 0.6 is 17.0 Å². The summed E-state index contributed by atoms with van der Waals surface area (Å²) in [6.45, 7) is 14.0. The maximum absolute atomic E-state index is 3.63. The molecule has 0 heterocycles. The van der Waals surface area contributed by atoms with Gasteiger partial charge in [0.05, 0.1) is 0 Å². The molecule has 0 saturated carbocycles. The van der Waals surface area contributed by atoms with Crippen LogP contribution in [0.2, 0.25) is 0 Å². The van der Waals surface area contributed by atoms with Gasteiger partial charge in [0, 0.05) is 0 Å². The molecule has 2 rings (SSSR count). The van der Waals surface area contributed by atoms with Crippen LogP contribution in [0.15, 0.2) is 99.1 Å². The van der Waals surface area contributed by atoms with Crippen molar-refractivity contribution in [3.05, 3.63) is 110 Å². The molecule has 0 amide bonds. The normalized spacial score (nSPS) is 7.43. The van der Waals surface area contributed by atoms with Gasteiger partial charge in [-0.3, -0.25) is 0 Å². The summed E-state index contributed by atoms with van der Waals surface area (Å²) in [7, 11) is 0. The predicted octanol–water partition coefficient (Wildman–Crippen LogP) is 6.60. The number of allylic oxidation sites excluding steroid dienone is 2. The topological polar surface area (TPSA) is 0 Å². The summed E-state index contributed by atoms with van der Waals surface area (Å²) in [5.74, 6) is 0. The third kappa shape index (κ3) is 12.6. The molecule has 110 valence electrons. The van der Waals surface area contributed by atoms with Crippen molar-refractivity contribution in [2.75, 3.05) is 0 Å². The van der Waals surface area contributed by atoms with E-state index in [0.717, 1.165) is 0 Å². The van der Waals surface area contributed by atoms with Gasteiger partial charge in [-0.25, -0.2) is 0 Å². The smallest absolute Gasteiger partial charge is 0.0263 e. The minimum atomic E-state index is 0. The zero-order chi connectivity index (χ0) is 15.1. The lowest BCUT2D eigenvalue weighted by atomic mass is 10.2. The highest BCUT2D eigenvalue weighted by molar-refractivity contribution is 8.93. The average molecular weight is 343 g/mol. The second-order valence-electron chi connectivity index (χ2n) is 3.70. The van der Waals surface area contributed by atoms with Crippen LogP contribution < -0.4 is 0 Å². The van der Waals surface area contributed by atoms with Gasteiger partial charge in [0.25, 0.3) is 0 Å². The van der Waals surface area contributed by atoms with Crippen molar-refractivity contribution in [3.63, 3.8) is 0 Å². The van der Waals surface area contributed by atoms with Crippen LogP contribution in [0, 0.1) is 0 Å². The number of hydrogen-bond donors (Lipinski definition) is 0. The van der Waals surface area contributed by atoms with Crippen molar-refractivity contribution in [1.82, 2.24) is 0 Å². The largest absolute Gasteiger partial charge is 0.114 e. The van der Waals surface area contributed by atoms with Crippen molar-refractivity contribution in [2.45, 2.75) is 0 Å². The van der Waals surface area contributed by atoms with Gasteiger partial charge in [0.15, 0.2) is 0 Å². The number of benzene rings is 2. The molecular formula is C20H23Br. The molecule has 21 heavy (non-hydrogen) atoms. The Hall–Kier alpha value is -2.12. The first-order chi connectivity index (χ1) is 9.78. The molecule has 0 aliphatic rings. The van der Waals surface area contributed by atoms with Crippen LogP contribution in [0.4, 0.5) is 0 Å². The van der Waals surface area contributed by atoms with E-state index in [0.29, 0.717) is 0 Å². The zero-order valence-corrected chi connectivity index (χ0v) is 14.0. The standard InChI is InChI=1S/2C8H8.C4H6.BrH/c2*1-2-8-6-4-3-5-7-8;1-3-4-2;/h2*2-7H,1H2;3-4H,1-2H2;1H. The molecule has 0 nitrogen and oxygen atoms in total. The Labute approximate surface area is 139 Å². The summed E-state index contributed by atoms with van der Waals surface area (Å²) in [5.41, 5.74) is 2.35. The Bertz CT molecular complexity index is 448. The van der Waals surface area contributed by atoms with Gasteiger partial charge < -0.3 is 0 Å². The lowest BCUT2D eigenvalue weighted by molar-refractivity contribution is 1.67. The van der Waals surface area contributed by atoms with Crippen molar-refractivity contribution >= 4 is 29.1 Å². The highest BCUT2D eigenvalue weighted by Gasteiger charge is 1.76. The Balaban J connectivity index is 0. The molecule has 0 saturated heterocycles. The van der Waals surface area contributed by atoms with Gasteiger partial charge in [-0.15, -0.1) is 17.0 Å². The van der Waals surface area contributed by atoms with E-state index in [4.69, 9.17) is 0 Å². The highest BCUT2D eigenvalue weighted by Crippen LogP contribution is 1.98. The van der Waals surface area contributed by atoms with Crippen LogP contribution in [0.5, 0.6) is 0 Å². The van der Waals surface area contributed by atoms with Crippen molar-refractivity contribution in [3.8, 4) is 0 Å². The SMILES string of the molecule is Br.C=CC=C.C=Cc1ccccc1.C=Cc1ccccc1. The maximum Gasteiger partial charge on any atom is -0.0263 e. The summed E-state index contributed by atoms with van der Waals surface area (Å²) < 4.78 is 0. The fraction of sp³-hybridized carbons (Fsp3) is 0. The highest BCUT2D eigenvalue weighted by atomic mass is 79.9. The first kappa shape index (κ1) is 21.2. The van der Waals surface area contributed by atoms with Gasteiger partial charge in [0.2, 0.25) is 0 Å². The van der Waals surface area contributed by atoms with Gasteiger partial charge in [-0.05, 0) is 11.1 Å². The van der Waals surface area contributed by atoms with Crippen LogP contribution in [0.1, 0.15) is 11.1 Å². The molecule has 1 heteroatoms. The van der Waals surface area contributed by atoms with Gasteiger partial charge in [0.1, 0.15) is 0 Å². The second-order valence-corrected chi connectivity index (χ2v) is 3.70. The Morgan fingerprint density at radius 1 is 0.524 bits per heavy atom. The summed E-state index contributed by atoms with van der Waals surface area (Å²) >= 11 is 0. The zero-order valence-electron chi connectivity index (χ0n) is 12.3. The van der Waals surface area contributed by atoms with E-state index in [1.165, 1.54) is 11.1 Å². The maximum atomic E-state index is 3.63.